The predicted octanol–water partition coefficient (Wildman–Crippen LogP) is -1.27. The summed E-state index contributed by atoms with van der Waals surface area (Å²) in [5.74, 6) is 0. The Hall–Kier alpha value is -2.35. The molecule has 0 bridgehead atoms. The first-order valence-corrected chi connectivity index (χ1v) is 5.44. The number of sulfonamides is 1. The van der Waals surface area contributed by atoms with Gasteiger partial charge in [0.15, 0.2) is 0 Å². The van der Waals surface area contributed by atoms with Gasteiger partial charge < -0.3 is 5.73 Å². The van der Waals surface area contributed by atoms with E-state index in [4.69, 9.17) is 4.79 Å². The van der Waals surface area contributed by atoms with E-state index >= 15 is 0 Å². The van der Waals surface area contributed by atoms with E-state index in [1.807, 2.05) is 0 Å². The lowest BCUT2D eigenvalue weighted by Crippen LogP contribution is -2.29. The zero-order valence-electron chi connectivity index (χ0n) is 8.78. The lowest BCUT2D eigenvalue weighted by Gasteiger charge is -2.08. The molecule has 0 aromatic rings. The Morgan fingerprint density at radius 1 is 1.18 bits per heavy atom. The topological polar surface area (TPSA) is 156 Å². The van der Waals surface area contributed by atoms with Crippen LogP contribution in [-0.4, -0.2) is 50.2 Å². The monoisotopic (exact) mass is 264 g/mol. The molecule has 0 aliphatic rings. The average molecular weight is 264 g/mol. The first-order chi connectivity index (χ1) is 7.66. The van der Waals surface area contributed by atoms with Crippen LogP contribution in [0.15, 0.2) is 9.98 Å². The fourth-order valence-electron chi connectivity index (χ4n) is 0.296. The quantitative estimate of drug-likeness (QED) is 0.459. The maximum absolute atomic E-state index is 10.6. The van der Waals surface area contributed by atoms with Crippen molar-refractivity contribution < 1.29 is 27.6 Å². The van der Waals surface area contributed by atoms with Crippen molar-refractivity contribution in [2.75, 3.05) is 13.3 Å². The van der Waals surface area contributed by atoms with Crippen LogP contribution in [0.4, 0.5) is 9.59 Å². The number of amides is 4. The minimum absolute atomic E-state index is 0.345. The number of urea groups is 2. The van der Waals surface area contributed by atoms with E-state index in [1.165, 1.54) is 0 Å². The molecule has 0 rings (SSSR count). The summed E-state index contributed by atoms with van der Waals surface area (Å²) in [4.78, 5) is 43.5. The molecule has 0 aromatic heterocycles. The molecule has 0 unspecified atom stereocenters. The number of nitrogens with zero attached hydrogens (tertiary/aromatic N) is 3. The highest BCUT2D eigenvalue weighted by molar-refractivity contribution is 7.88. The molecular formula is C6H8N4O6S. The highest BCUT2D eigenvalue weighted by Gasteiger charge is 2.16. The van der Waals surface area contributed by atoms with Gasteiger partial charge in [0.05, 0.1) is 6.26 Å². The van der Waals surface area contributed by atoms with Crippen molar-refractivity contribution in [1.82, 2.24) is 4.31 Å². The molecule has 0 aromatic carbocycles. The van der Waals surface area contributed by atoms with Gasteiger partial charge in [0.2, 0.25) is 22.2 Å². The fraction of sp³-hybridized carbons (Fsp3) is 0.333. The SMILES string of the molecule is CN(C(=O)N=C=O)S(C)(=O)=O.NC(=O)N=C=O. The second-order valence-corrected chi connectivity index (χ2v) is 4.27. The van der Waals surface area contributed by atoms with E-state index in [1.54, 1.807) is 0 Å². The van der Waals surface area contributed by atoms with E-state index in [2.05, 4.69) is 15.7 Å². The van der Waals surface area contributed by atoms with Gasteiger partial charge in [-0.3, -0.25) is 0 Å². The van der Waals surface area contributed by atoms with Crippen LogP contribution in [-0.2, 0) is 19.6 Å². The lowest BCUT2D eigenvalue weighted by atomic mass is 11.0. The zero-order valence-corrected chi connectivity index (χ0v) is 9.59. The Balaban J connectivity index is 0. The summed E-state index contributed by atoms with van der Waals surface area (Å²) in [5.41, 5.74) is 4.33. The molecule has 94 valence electrons. The summed E-state index contributed by atoms with van der Waals surface area (Å²) in [6, 6.07) is -2.16. The van der Waals surface area contributed by atoms with Gasteiger partial charge in [0, 0.05) is 7.05 Å². The highest BCUT2D eigenvalue weighted by atomic mass is 32.2. The number of primary amides is 1. The van der Waals surface area contributed by atoms with E-state index in [0.717, 1.165) is 25.5 Å². The van der Waals surface area contributed by atoms with E-state index in [0.29, 0.717) is 4.31 Å². The summed E-state index contributed by atoms with van der Waals surface area (Å²) in [6.45, 7) is 0. The van der Waals surface area contributed by atoms with Crippen molar-refractivity contribution in [2.45, 2.75) is 0 Å². The van der Waals surface area contributed by atoms with Crippen LogP contribution < -0.4 is 5.73 Å². The van der Waals surface area contributed by atoms with Gasteiger partial charge in [-0.2, -0.15) is 0 Å². The minimum atomic E-state index is -3.61. The molecule has 4 amide bonds. The van der Waals surface area contributed by atoms with E-state index in [-0.39, 0.29) is 0 Å². The van der Waals surface area contributed by atoms with Crippen LogP contribution in [0, 0.1) is 0 Å². The number of carbonyl (C=O) groups excluding carboxylic acids is 4. The van der Waals surface area contributed by atoms with Crippen LogP contribution in [0.25, 0.3) is 0 Å². The molecule has 0 radical (unpaired) electrons. The molecule has 0 spiro atoms. The molecule has 0 aliphatic carbocycles. The highest BCUT2D eigenvalue weighted by Crippen LogP contribution is 1.94. The Morgan fingerprint density at radius 2 is 1.59 bits per heavy atom. The Kier molecular flexibility index (Phi) is 7.91. The van der Waals surface area contributed by atoms with Crippen molar-refractivity contribution in [3.05, 3.63) is 0 Å². The summed E-state index contributed by atoms with van der Waals surface area (Å²) < 4.78 is 21.5. The Labute approximate surface area is 95.9 Å². The van der Waals surface area contributed by atoms with Gasteiger partial charge in [0.1, 0.15) is 0 Å². The zero-order chi connectivity index (χ0) is 14.1. The summed E-state index contributed by atoms with van der Waals surface area (Å²) in [5, 5.41) is 0. The Bertz CT molecular complexity index is 485. The van der Waals surface area contributed by atoms with Gasteiger partial charge in [0.25, 0.3) is 0 Å². The molecular weight excluding hydrogens is 256 g/mol. The van der Waals surface area contributed by atoms with E-state index < -0.39 is 22.1 Å². The number of carbonyl (C=O) groups is 2. The summed E-state index contributed by atoms with van der Waals surface area (Å²) >= 11 is 0. The first kappa shape index (κ1) is 17.1. The molecule has 0 saturated carbocycles. The van der Waals surface area contributed by atoms with Crippen LogP contribution in [0.2, 0.25) is 0 Å². The van der Waals surface area contributed by atoms with Gasteiger partial charge in [-0.15, -0.1) is 9.98 Å². The van der Waals surface area contributed by atoms with Crippen molar-refractivity contribution in [3.63, 3.8) is 0 Å². The number of nitrogens with two attached hydrogens (primary N) is 1. The van der Waals surface area contributed by atoms with Gasteiger partial charge in [-0.25, -0.2) is 31.9 Å². The largest absolute Gasteiger partial charge is 0.367 e. The molecule has 10 nitrogen and oxygen atoms in total. The predicted molar refractivity (Wildman–Crippen MR) is 53.8 cm³/mol. The smallest absolute Gasteiger partial charge is 0.349 e. The lowest BCUT2D eigenvalue weighted by molar-refractivity contribution is 0.237. The van der Waals surface area contributed by atoms with Crippen molar-refractivity contribution in [3.8, 4) is 0 Å². The maximum atomic E-state index is 10.6. The first-order valence-electron chi connectivity index (χ1n) is 3.59. The standard InChI is InChI=1S/C4H6N2O4S.C2H2N2O2/c1-6(11(2,9)10)4(8)5-3-7;3-2(6)4-1-5/h1-2H3;(H2,3,6). The van der Waals surface area contributed by atoms with Crippen molar-refractivity contribution in [2.24, 2.45) is 15.7 Å². The van der Waals surface area contributed by atoms with E-state index in [9.17, 15) is 22.8 Å². The molecule has 0 aliphatic heterocycles. The number of aliphatic imine (C=N–C) groups is 2. The molecule has 0 fully saturated rings. The normalized spacial score (nSPS) is 8.59. The summed E-state index contributed by atoms with van der Waals surface area (Å²) in [7, 11) is -2.61. The Morgan fingerprint density at radius 3 is 1.76 bits per heavy atom. The maximum Gasteiger partial charge on any atom is 0.367 e. The average Bonchev–Trinajstić information content (AvgIpc) is 2.16. The number of isocyanates is 2. The van der Waals surface area contributed by atoms with Gasteiger partial charge >= 0.3 is 12.1 Å². The number of hydrogen-bond acceptors (Lipinski definition) is 6. The molecule has 17 heavy (non-hydrogen) atoms. The molecule has 11 heteroatoms. The van der Waals surface area contributed by atoms with Gasteiger partial charge in [-0.05, 0) is 0 Å². The third kappa shape index (κ3) is 9.94. The van der Waals surface area contributed by atoms with Crippen LogP contribution in [0.3, 0.4) is 0 Å². The van der Waals surface area contributed by atoms with Crippen molar-refractivity contribution in [1.29, 1.82) is 0 Å². The minimum Gasteiger partial charge on any atom is -0.349 e. The fourth-order valence-corrected chi connectivity index (χ4v) is 0.621. The number of hydrogen-bond donors (Lipinski definition) is 1. The van der Waals surface area contributed by atoms with Gasteiger partial charge in [-0.1, -0.05) is 0 Å². The number of rotatable bonds is 1. The van der Waals surface area contributed by atoms with Crippen molar-refractivity contribution >= 4 is 34.2 Å². The molecule has 0 saturated heterocycles. The molecule has 0 heterocycles. The second-order valence-electron chi connectivity index (χ2n) is 2.26. The van der Waals surface area contributed by atoms with Crippen LogP contribution in [0.1, 0.15) is 0 Å². The second kappa shape index (κ2) is 7.88. The summed E-state index contributed by atoms with van der Waals surface area (Å²) in [6.07, 6.45) is 2.73. The van der Waals surface area contributed by atoms with Crippen LogP contribution >= 0.6 is 0 Å². The third-order valence-corrected chi connectivity index (χ3v) is 2.22. The molecule has 0 atom stereocenters. The third-order valence-electron chi connectivity index (χ3n) is 1.06. The molecule has 2 N–H and O–H groups in total. The van der Waals surface area contributed by atoms with Crippen LogP contribution in [0.5, 0.6) is 0 Å².